The van der Waals surface area contributed by atoms with Crippen LogP contribution in [0.4, 0.5) is 5.69 Å². The Labute approximate surface area is 117 Å². The van der Waals surface area contributed by atoms with Crippen LogP contribution in [-0.4, -0.2) is 36.9 Å². The summed E-state index contributed by atoms with van der Waals surface area (Å²) in [4.78, 5) is 24.9. The fourth-order valence-corrected chi connectivity index (χ4v) is 1.71. The minimum absolute atomic E-state index is 0.194. The summed E-state index contributed by atoms with van der Waals surface area (Å²) in [6, 6.07) is 4.58. The van der Waals surface area contributed by atoms with Crippen molar-refractivity contribution in [2.45, 2.75) is 19.4 Å². The lowest BCUT2D eigenvalue weighted by atomic mass is 10.1. The van der Waals surface area contributed by atoms with Crippen molar-refractivity contribution in [2.24, 2.45) is 5.73 Å². The van der Waals surface area contributed by atoms with Gasteiger partial charge in [0.15, 0.2) is 0 Å². The summed E-state index contributed by atoms with van der Waals surface area (Å²) in [5, 5.41) is 3.04. The Hall–Kier alpha value is -1.59. The molecule has 6 heteroatoms. The molecule has 0 spiro atoms. The van der Waals surface area contributed by atoms with Crippen LogP contribution in [0.15, 0.2) is 18.2 Å². The second-order valence-corrected chi connectivity index (χ2v) is 5.03. The van der Waals surface area contributed by atoms with Crippen molar-refractivity contribution in [1.82, 2.24) is 4.90 Å². The van der Waals surface area contributed by atoms with Crippen LogP contribution in [-0.2, 0) is 4.79 Å². The van der Waals surface area contributed by atoms with E-state index in [4.69, 9.17) is 17.3 Å². The van der Waals surface area contributed by atoms with E-state index in [1.54, 1.807) is 39.2 Å². The summed E-state index contributed by atoms with van der Waals surface area (Å²) in [7, 11) is 3.28. The lowest BCUT2D eigenvalue weighted by Gasteiger charge is -2.13. The van der Waals surface area contributed by atoms with Crippen molar-refractivity contribution < 1.29 is 9.59 Å². The molecule has 0 saturated heterocycles. The van der Waals surface area contributed by atoms with E-state index in [0.717, 1.165) is 0 Å². The van der Waals surface area contributed by atoms with E-state index in [2.05, 4.69) is 5.32 Å². The molecule has 19 heavy (non-hydrogen) atoms. The van der Waals surface area contributed by atoms with E-state index < -0.39 is 0 Å². The highest BCUT2D eigenvalue weighted by atomic mass is 35.5. The predicted molar refractivity (Wildman–Crippen MR) is 76.4 cm³/mol. The summed E-state index contributed by atoms with van der Waals surface area (Å²) in [6.45, 7) is 1.75. The van der Waals surface area contributed by atoms with Crippen LogP contribution in [0.5, 0.6) is 0 Å². The normalized spacial score (nSPS) is 11.8. The van der Waals surface area contributed by atoms with E-state index in [9.17, 15) is 9.59 Å². The zero-order valence-electron chi connectivity index (χ0n) is 11.2. The average molecular weight is 284 g/mol. The van der Waals surface area contributed by atoms with Crippen LogP contribution in [0, 0.1) is 0 Å². The number of benzene rings is 1. The van der Waals surface area contributed by atoms with E-state index in [1.165, 1.54) is 4.90 Å². The molecule has 0 heterocycles. The number of hydrogen-bond acceptors (Lipinski definition) is 3. The summed E-state index contributed by atoms with van der Waals surface area (Å²) in [5.74, 6) is -0.408. The van der Waals surface area contributed by atoms with Crippen LogP contribution in [0.25, 0.3) is 0 Å². The maximum Gasteiger partial charge on any atom is 0.254 e. The Morgan fingerprint density at radius 3 is 2.58 bits per heavy atom. The third kappa shape index (κ3) is 4.54. The molecule has 0 radical (unpaired) electrons. The molecule has 1 atom stereocenters. The molecule has 5 nitrogen and oxygen atoms in total. The Morgan fingerprint density at radius 1 is 1.42 bits per heavy atom. The molecule has 2 amide bonds. The van der Waals surface area contributed by atoms with Crippen molar-refractivity contribution in [2.75, 3.05) is 19.4 Å². The molecule has 0 fully saturated rings. The third-order valence-electron chi connectivity index (χ3n) is 2.39. The van der Waals surface area contributed by atoms with Gasteiger partial charge in [0.05, 0.1) is 10.6 Å². The highest BCUT2D eigenvalue weighted by Crippen LogP contribution is 2.21. The van der Waals surface area contributed by atoms with Gasteiger partial charge in [-0.05, 0) is 25.1 Å². The van der Waals surface area contributed by atoms with E-state index >= 15 is 0 Å². The quantitative estimate of drug-likeness (QED) is 0.883. The molecule has 0 aliphatic rings. The van der Waals surface area contributed by atoms with E-state index in [-0.39, 0.29) is 24.3 Å². The minimum Gasteiger partial charge on any atom is -0.345 e. The molecule has 1 rings (SSSR count). The van der Waals surface area contributed by atoms with Crippen LogP contribution >= 0.6 is 11.6 Å². The Kier molecular flexibility index (Phi) is 5.32. The maximum atomic E-state index is 11.9. The fourth-order valence-electron chi connectivity index (χ4n) is 1.51. The summed E-state index contributed by atoms with van der Waals surface area (Å²) in [5.41, 5.74) is 6.43. The zero-order chi connectivity index (χ0) is 14.6. The molecule has 3 N–H and O–H groups in total. The molecule has 1 aromatic rings. The average Bonchev–Trinajstić information content (AvgIpc) is 2.29. The molecule has 0 bridgehead atoms. The van der Waals surface area contributed by atoms with Crippen molar-refractivity contribution in [3.8, 4) is 0 Å². The molecular weight excluding hydrogens is 266 g/mol. The minimum atomic E-state index is -0.215. The number of nitrogens with two attached hydrogens (primary N) is 1. The number of nitrogens with zero attached hydrogens (tertiary/aromatic N) is 1. The largest absolute Gasteiger partial charge is 0.345 e. The van der Waals surface area contributed by atoms with Crippen molar-refractivity contribution in [1.29, 1.82) is 0 Å². The predicted octanol–water partition coefficient (Wildman–Crippen LogP) is 1.72. The first kappa shape index (κ1) is 15.5. The number of hydrogen-bond donors (Lipinski definition) is 2. The van der Waals surface area contributed by atoms with Crippen molar-refractivity contribution >= 4 is 29.1 Å². The van der Waals surface area contributed by atoms with Crippen LogP contribution in [0.3, 0.4) is 0 Å². The van der Waals surface area contributed by atoms with Gasteiger partial charge in [-0.2, -0.15) is 0 Å². The molecule has 1 aromatic carbocycles. The maximum absolute atomic E-state index is 11.9. The Balaban J connectivity index is 2.90. The third-order valence-corrected chi connectivity index (χ3v) is 2.72. The van der Waals surface area contributed by atoms with Gasteiger partial charge >= 0.3 is 0 Å². The van der Waals surface area contributed by atoms with Gasteiger partial charge in [-0.3, -0.25) is 9.59 Å². The van der Waals surface area contributed by atoms with Gasteiger partial charge < -0.3 is 16.0 Å². The molecule has 1 unspecified atom stereocenters. The number of rotatable bonds is 4. The van der Waals surface area contributed by atoms with Crippen LogP contribution in [0.1, 0.15) is 23.7 Å². The molecular formula is C13H18ClN3O2. The Bertz CT molecular complexity index is 487. The smallest absolute Gasteiger partial charge is 0.254 e. The van der Waals surface area contributed by atoms with E-state index in [0.29, 0.717) is 16.3 Å². The number of anilines is 1. The van der Waals surface area contributed by atoms with Crippen LogP contribution < -0.4 is 11.1 Å². The lowest BCUT2D eigenvalue weighted by Crippen LogP contribution is -2.24. The molecule has 0 aliphatic heterocycles. The lowest BCUT2D eigenvalue weighted by molar-refractivity contribution is -0.116. The number of nitrogens with one attached hydrogen (secondary N) is 1. The molecule has 0 aliphatic carbocycles. The zero-order valence-corrected chi connectivity index (χ0v) is 12.0. The molecule has 104 valence electrons. The van der Waals surface area contributed by atoms with Gasteiger partial charge in [0, 0.05) is 32.2 Å². The number of halogens is 1. The van der Waals surface area contributed by atoms with Crippen molar-refractivity contribution in [3.63, 3.8) is 0 Å². The van der Waals surface area contributed by atoms with Gasteiger partial charge in [-0.15, -0.1) is 0 Å². The number of amides is 2. The summed E-state index contributed by atoms with van der Waals surface area (Å²) >= 11 is 5.98. The van der Waals surface area contributed by atoms with Gasteiger partial charge in [-0.1, -0.05) is 11.6 Å². The highest BCUT2D eigenvalue weighted by Gasteiger charge is 2.14. The standard InChI is InChI=1S/C13H18ClN3O2/c1-8(15)6-12(18)16-9-4-5-11(14)10(7-9)13(19)17(2)3/h4-5,7-8H,6,15H2,1-3H3,(H,16,18). The van der Waals surface area contributed by atoms with Crippen molar-refractivity contribution in [3.05, 3.63) is 28.8 Å². The summed E-state index contributed by atoms with van der Waals surface area (Å²) in [6.07, 6.45) is 0.222. The van der Waals surface area contributed by atoms with Gasteiger partial charge in [0.2, 0.25) is 5.91 Å². The SMILES string of the molecule is CC(N)CC(=O)Nc1ccc(Cl)c(C(=O)N(C)C)c1. The molecule has 0 aromatic heterocycles. The second-order valence-electron chi connectivity index (χ2n) is 4.62. The van der Waals surface area contributed by atoms with Gasteiger partial charge in [-0.25, -0.2) is 0 Å². The monoisotopic (exact) mass is 283 g/mol. The molecule has 0 saturated carbocycles. The topological polar surface area (TPSA) is 75.4 Å². The van der Waals surface area contributed by atoms with E-state index in [1.807, 2.05) is 0 Å². The fraction of sp³-hybridized carbons (Fsp3) is 0.385. The highest BCUT2D eigenvalue weighted by molar-refractivity contribution is 6.34. The van der Waals surface area contributed by atoms with Gasteiger partial charge in [0.25, 0.3) is 5.91 Å². The van der Waals surface area contributed by atoms with Crippen LogP contribution in [0.2, 0.25) is 5.02 Å². The van der Waals surface area contributed by atoms with Gasteiger partial charge in [0.1, 0.15) is 0 Å². The Morgan fingerprint density at radius 2 is 2.05 bits per heavy atom. The first-order chi connectivity index (χ1) is 8.81. The second kappa shape index (κ2) is 6.54. The number of carbonyl (C=O) groups excluding carboxylic acids is 2. The first-order valence-electron chi connectivity index (χ1n) is 5.88. The number of carbonyl (C=O) groups is 2. The first-order valence-corrected chi connectivity index (χ1v) is 6.25. The summed E-state index contributed by atoms with van der Waals surface area (Å²) < 4.78 is 0.